The molecule has 3 atom stereocenters. The van der Waals surface area contributed by atoms with Crippen LogP contribution in [-0.4, -0.2) is 19.7 Å². The van der Waals surface area contributed by atoms with E-state index >= 15 is 0 Å². The van der Waals surface area contributed by atoms with Crippen molar-refractivity contribution in [3.8, 4) is 5.75 Å². The summed E-state index contributed by atoms with van der Waals surface area (Å²) in [6, 6.07) is 9.04. The molecule has 0 spiro atoms. The number of hydrogen-bond donors (Lipinski definition) is 1. The Balaban J connectivity index is 1.65. The maximum Gasteiger partial charge on any atom is 0.118 e. The van der Waals surface area contributed by atoms with Gasteiger partial charge in [-0.1, -0.05) is 25.5 Å². The molecule has 0 aliphatic heterocycles. The smallest absolute Gasteiger partial charge is 0.118 e. The fourth-order valence-electron chi connectivity index (χ4n) is 3.16. The second-order valence-corrected chi connectivity index (χ2v) is 6.48. The number of hydrogen-bond acceptors (Lipinski definition) is 2. The van der Waals surface area contributed by atoms with Crippen LogP contribution < -0.4 is 10.1 Å². The van der Waals surface area contributed by atoms with Gasteiger partial charge in [0.15, 0.2) is 0 Å². The average molecular weight is 275 g/mol. The van der Waals surface area contributed by atoms with Gasteiger partial charge in [-0.15, -0.1) is 0 Å². The van der Waals surface area contributed by atoms with Gasteiger partial charge in [-0.3, -0.25) is 0 Å². The van der Waals surface area contributed by atoms with Crippen LogP contribution in [0.1, 0.15) is 45.1 Å². The lowest BCUT2D eigenvalue weighted by Gasteiger charge is -2.17. The van der Waals surface area contributed by atoms with E-state index in [1.54, 1.807) is 7.11 Å². The second-order valence-electron chi connectivity index (χ2n) is 6.48. The van der Waals surface area contributed by atoms with E-state index in [1.807, 2.05) is 12.1 Å². The Morgan fingerprint density at radius 3 is 2.60 bits per heavy atom. The van der Waals surface area contributed by atoms with Gasteiger partial charge in [0.2, 0.25) is 0 Å². The number of benzene rings is 1. The number of aryl methyl sites for hydroxylation is 1. The Kier molecular flexibility index (Phi) is 5.90. The molecule has 1 N–H and O–H groups in total. The lowest BCUT2D eigenvalue weighted by Crippen LogP contribution is -2.30. The van der Waals surface area contributed by atoms with Crippen LogP contribution in [0.25, 0.3) is 0 Å². The first kappa shape index (κ1) is 15.4. The molecule has 2 heteroatoms. The minimum Gasteiger partial charge on any atom is -0.497 e. The monoisotopic (exact) mass is 275 g/mol. The van der Waals surface area contributed by atoms with Crippen LogP contribution in [0.2, 0.25) is 0 Å². The normalized spacial score (nSPS) is 23.8. The molecule has 1 aliphatic rings. The van der Waals surface area contributed by atoms with E-state index in [9.17, 15) is 0 Å². The standard InChI is InChI=1S/C18H29NO/c1-14-4-6-17(12-14)13-19-15(2)5-7-16-8-10-18(20-3)11-9-16/h8-11,14-15,17,19H,4-7,12-13H2,1-3H3. The zero-order valence-electron chi connectivity index (χ0n) is 13.2. The van der Waals surface area contributed by atoms with Gasteiger partial charge in [-0.25, -0.2) is 0 Å². The summed E-state index contributed by atoms with van der Waals surface area (Å²) < 4.78 is 5.19. The lowest BCUT2D eigenvalue weighted by molar-refractivity contribution is 0.414. The van der Waals surface area contributed by atoms with Crippen molar-refractivity contribution in [2.24, 2.45) is 11.8 Å². The molecule has 2 nitrogen and oxygen atoms in total. The highest BCUT2D eigenvalue weighted by atomic mass is 16.5. The summed E-state index contributed by atoms with van der Waals surface area (Å²) in [6.07, 6.45) is 6.60. The minimum atomic E-state index is 0.605. The van der Waals surface area contributed by atoms with Gasteiger partial charge in [-0.05, 0) is 68.7 Å². The Bertz CT molecular complexity index is 387. The zero-order valence-corrected chi connectivity index (χ0v) is 13.2. The van der Waals surface area contributed by atoms with Crippen LogP contribution in [0.15, 0.2) is 24.3 Å². The largest absolute Gasteiger partial charge is 0.497 e. The Morgan fingerprint density at radius 1 is 1.25 bits per heavy atom. The second kappa shape index (κ2) is 7.68. The first-order valence-corrected chi connectivity index (χ1v) is 8.03. The molecular weight excluding hydrogens is 246 g/mol. The van der Waals surface area contributed by atoms with Crippen molar-refractivity contribution in [1.82, 2.24) is 5.32 Å². The quantitative estimate of drug-likeness (QED) is 0.811. The van der Waals surface area contributed by atoms with E-state index in [-0.39, 0.29) is 0 Å². The Morgan fingerprint density at radius 2 is 2.00 bits per heavy atom. The third-order valence-electron chi connectivity index (χ3n) is 4.58. The van der Waals surface area contributed by atoms with Crippen LogP contribution in [0.3, 0.4) is 0 Å². The van der Waals surface area contributed by atoms with E-state index in [1.165, 1.54) is 37.8 Å². The molecule has 0 amide bonds. The summed E-state index contributed by atoms with van der Waals surface area (Å²) in [4.78, 5) is 0. The molecule has 1 aromatic carbocycles. The molecule has 1 saturated carbocycles. The number of rotatable bonds is 7. The highest BCUT2D eigenvalue weighted by molar-refractivity contribution is 5.27. The molecule has 0 heterocycles. The molecular formula is C18H29NO. The van der Waals surface area contributed by atoms with Gasteiger partial charge in [0.05, 0.1) is 7.11 Å². The van der Waals surface area contributed by atoms with Gasteiger partial charge in [0.25, 0.3) is 0 Å². The summed E-state index contributed by atoms with van der Waals surface area (Å²) in [5, 5.41) is 3.71. The van der Waals surface area contributed by atoms with Crippen LogP contribution in [-0.2, 0) is 6.42 Å². The molecule has 3 unspecified atom stereocenters. The average Bonchev–Trinajstić information content (AvgIpc) is 2.89. The molecule has 1 aliphatic carbocycles. The van der Waals surface area contributed by atoms with Crippen molar-refractivity contribution in [3.63, 3.8) is 0 Å². The molecule has 0 aromatic heterocycles. The van der Waals surface area contributed by atoms with Crippen LogP contribution in [0, 0.1) is 11.8 Å². The molecule has 0 radical (unpaired) electrons. The lowest BCUT2D eigenvalue weighted by atomic mass is 10.0. The van der Waals surface area contributed by atoms with Crippen molar-refractivity contribution < 1.29 is 4.74 Å². The predicted octanol–water partition coefficient (Wildman–Crippen LogP) is 4.04. The van der Waals surface area contributed by atoms with Crippen LogP contribution in [0.5, 0.6) is 5.75 Å². The van der Waals surface area contributed by atoms with Crippen molar-refractivity contribution in [3.05, 3.63) is 29.8 Å². The van der Waals surface area contributed by atoms with Crippen molar-refractivity contribution >= 4 is 0 Å². The topological polar surface area (TPSA) is 21.3 Å². The molecule has 2 rings (SSSR count). The number of methoxy groups -OCH3 is 1. The fourth-order valence-corrected chi connectivity index (χ4v) is 3.16. The fraction of sp³-hybridized carbons (Fsp3) is 0.667. The maximum atomic E-state index is 5.19. The molecule has 20 heavy (non-hydrogen) atoms. The Hall–Kier alpha value is -1.02. The summed E-state index contributed by atoms with van der Waals surface area (Å²) >= 11 is 0. The number of nitrogens with one attached hydrogen (secondary N) is 1. The highest BCUT2D eigenvalue weighted by Crippen LogP contribution is 2.29. The molecule has 0 bridgehead atoms. The summed E-state index contributed by atoms with van der Waals surface area (Å²) in [5.41, 5.74) is 1.40. The first-order valence-electron chi connectivity index (χ1n) is 8.03. The molecule has 1 aromatic rings. The van der Waals surface area contributed by atoms with Crippen LogP contribution >= 0.6 is 0 Å². The van der Waals surface area contributed by atoms with Crippen molar-refractivity contribution in [1.29, 1.82) is 0 Å². The molecule has 1 fully saturated rings. The summed E-state index contributed by atoms with van der Waals surface area (Å²) in [6.45, 7) is 5.89. The van der Waals surface area contributed by atoms with Crippen molar-refractivity contribution in [2.75, 3.05) is 13.7 Å². The maximum absolute atomic E-state index is 5.19. The van der Waals surface area contributed by atoms with Gasteiger partial charge in [-0.2, -0.15) is 0 Å². The van der Waals surface area contributed by atoms with E-state index < -0.39 is 0 Å². The van der Waals surface area contributed by atoms with Gasteiger partial charge in [0, 0.05) is 6.04 Å². The van der Waals surface area contributed by atoms with Gasteiger partial charge in [0.1, 0.15) is 5.75 Å². The van der Waals surface area contributed by atoms with E-state index in [2.05, 4.69) is 31.3 Å². The van der Waals surface area contributed by atoms with E-state index in [0.717, 1.165) is 24.0 Å². The summed E-state index contributed by atoms with van der Waals surface area (Å²) in [7, 11) is 1.71. The Labute approximate surface area is 123 Å². The summed E-state index contributed by atoms with van der Waals surface area (Å²) in [5.74, 6) is 2.79. The predicted molar refractivity (Wildman–Crippen MR) is 85.3 cm³/mol. The zero-order chi connectivity index (χ0) is 14.4. The SMILES string of the molecule is COc1ccc(CCC(C)NCC2CCC(C)C2)cc1. The molecule has 112 valence electrons. The first-order chi connectivity index (χ1) is 9.67. The minimum absolute atomic E-state index is 0.605. The van der Waals surface area contributed by atoms with E-state index in [4.69, 9.17) is 4.74 Å². The third kappa shape index (κ3) is 4.82. The number of ether oxygens (including phenoxy) is 1. The van der Waals surface area contributed by atoms with E-state index in [0.29, 0.717) is 6.04 Å². The highest BCUT2D eigenvalue weighted by Gasteiger charge is 2.21. The van der Waals surface area contributed by atoms with Crippen molar-refractivity contribution in [2.45, 2.75) is 52.0 Å². The van der Waals surface area contributed by atoms with Crippen LogP contribution in [0.4, 0.5) is 0 Å². The molecule has 0 saturated heterocycles. The van der Waals surface area contributed by atoms with Gasteiger partial charge >= 0.3 is 0 Å². The van der Waals surface area contributed by atoms with Gasteiger partial charge < -0.3 is 10.1 Å². The third-order valence-corrected chi connectivity index (χ3v) is 4.58.